The van der Waals surface area contributed by atoms with Gasteiger partial charge in [0, 0.05) is 42.5 Å². The third kappa shape index (κ3) is 2.46. The molecule has 0 spiro atoms. The lowest BCUT2D eigenvalue weighted by atomic mass is 9.98. The van der Waals surface area contributed by atoms with Crippen molar-refractivity contribution in [2.24, 2.45) is 0 Å². The first-order valence-electron chi connectivity index (χ1n) is 10.3. The van der Waals surface area contributed by atoms with Crippen LogP contribution >= 0.6 is 0 Å². The lowest BCUT2D eigenvalue weighted by Gasteiger charge is -2.28. The van der Waals surface area contributed by atoms with Crippen LogP contribution in [0, 0.1) is 0 Å². The molecule has 0 aliphatic carbocycles. The van der Waals surface area contributed by atoms with Gasteiger partial charge in [0.05, 0.1) is 11.5 Å². The van der Waals surface area contributed by atoms with Crippen LogP contribution in [0.4, 0.5) is 5.69 Å². The van der Waals surface area contributed by atoms with E-state index in [4.69, 9.17) is 9.15 Å². The minimum Gasteiger partial charge on any atom is -0.455 e. The smallest absolute Gasteiger partial charge is 0.347 e. The largest absolute Gasteiger partial charge is 0.455 e. The van der Waals surface area contributed by atoms with Gasteiger partial charge in [-0.15, -0.1) is 0 Å². The number of hydrogen-bond donors (Lipinski definition) is 0. The number of benzene rings is 2. The zero-order valence-corrected chi connectivity index (χ0v) is 16.7. The molecule has 0 bridgehead atoms. The summed E-state index contributed by atoms with van der Waals surface area (Å²) in [7, 11) is 4.21. The van der Waals surface area contributed by atoms with Gasteiger partial charge in [0.15, 0.2) is 5.75 Å². The minimum absolute atomic E-state index is 0.341. The number of nitrogens with zero attached hydrogens (tertiary/aromatic N) is 2. The molecule has 6 rings (SSSR count). The average molecular weight is 387 g/mol. The fraction of sp³-hybridized carbons (Fsp3) is 0.333. The van der Waals surface area contributed by atoms with Crippen molar-refractivity contribution >= 4 is 22.7 Å². The Balaban J connectivity index is 1.63. The maximum atomic E-state index is 12.8. The molecule has 0 saturated carbocycles. The van der Waals surface area contributed by atoms with E-state index in [1.54, 1.807) is 0 Å². The molecule has 0 amide bonds. The lowest BCUT2D eigenvalue weighted by Crippen LogP contribution is -2.36. The van der Waals surface area contributed by atoms with Gasteiger partial charge in [-0.05, 0) is 43.0 Å². The zero-order valence-electron chi connectivity index (χ0n) is 16.7. The maximum absolute atomic E-state index is 12.8. The van der Waals surface area contributed by atoms with Crippen molar-refractivity contribution in [3.05, 3.63) is 62.0 Å². The number of aryl methyl sites for hydroxylation is 2. The van der Waals surface area contributed by atoms with E-state index < -0.39 is 0 Å². The zero-order chi connectivity index (χ0) is 19.7. The Morgan fingerprint density at radius 2 is 1.93 bits per heavy atom. The summed E-state index contributed by atoms with van der Waals surface area (Å²) in [6.45, 7) is 2.07. The molecule has 0 N–H and O–H groups in total. The van der Waals surface area contributed by atoms with Crippen LogP contribution in [0.15, 0.2) is 33.5 Å². The molecular formula is C24H23N2O3+. The molecule has 0 radical (unpaired) electrons. The topological polar surface area (TPSA) is 45.7 Å². The predicted octanol–water partition coefficient (Wildman–Crippen LogP) is 2.18. The van der Waals surface area contributed by atoms with Crippen molar-refractivity contribution in [2.75, 3.05) is 32.1 Å². The van der Waals surface area contributed by atoms with Crippen molar-refractivity contribution in [3.63, 3.8) is 0 Å². The Bertz CT molecular complexity index is 1380. The highest BCUT2D eigenvalue weighted by Crippen LogP contribution is 2.38. The summed E-state index contributed by atoms with van der Waals surface area (Å²) in [6.07, 6.45) is 6.29. The molecule has 3 aromatic rings. The fourth-order valence-corrected chi connectivity index (χ4v) is 4.97. The number of hydrogen-bond acceptors (Lipinski definition) is 4. The SMILES string of the molecule is CN1CCCc2cc3c4c(c(=O)oc3cc21)C=c1cc2c(cc1O4)=[N+](C)CCC2. The summed E-state index contributed by atoms with van der Waals surface area (Å²) < 4.78 is 14.4. The quantitative estimate of drug-likeness (QED) is 0.343. The van der Waals surface area contributed by atoms with Crippen LogP contribution in [0.1, 0.15) is 29.5 Å². The second kappa shape index (κ2) is 5.96. The molecule has 5 nitrogen and oxygen atoms in total. The molecule has 2 aromatic carbocycles. The van der Waals surface area contributed by atoms with Gasteiger partial charge in [0.1, 0.15) is 30.5 Å². The highest BCUT2D eigenvalue weighted by atomic mass is 16.5. The third-order valence-electron chi connectivity index (χ3n) is 6.52. The highest BCUT2D eigenvalue weighted by molar-refractivity contribution is 5.91. The van der Waals surface area contributed by atoms with E-state index in [-0.39, 0.29) is 5.63 Å². The first-order chi connectivity index (χ1) is 14.1. The standard InChI is InChI=1S/C24H23N2O3/c1-25-7-3-5-14-9-16-11-18-23(28-21(16)12-19(14)25)17-10-15-6-4-8-26(2)20(15)13-22(17)29-24(18)27/h9-13H,3-8H2,1-2H3/q+1. The van der Waals surface area contributed by atoms with E-state index in [1.807, 2.05) is 12.1 Å². The van der Waals surface area contributed by atoms with Crippen LogP contribution in [-0.2, 0) is 12.8 Å². The predicted molar refractivity (Wildman–Crippen MR) is 114 cm³/mol. The maximum Gasteiger partial charge on any atom is 0.347 e. The van der Waals surface area contributed by atoms with Gasteiger partial charge in [-0.3, -0.25) is 0 Å². The van der Waals surface area contributed by atoms with Gasteiger partial charge in [-0.2, -0.15) is 0 Å². The Kier molecular flexibility index (Phi) is 3.46. The molecule has 146 valence electrons. The Labute approximate surface area is 168 Å². The number of anilines is 1. The van der Waals surface area contributed by atoms with Crippen molar-refractivity contribution in [1.29, 1.82) is 0 Å². The Morgan fingerprint density at radius 3 is 2.83 bits per heavy atom. The molecule has 0 fully saturated rings. The van der Waals surface area contributed by atoms with Crippen LogP contribution in [0.3, 0.4) is 0 Å². The normalized spacial score (nSPS) is 17.0. The first-order valence-corrected chi connectivity index (χ1v) is 10.3. The molecular weight excluding hydrogens is 364 g/mol. The van der Waals surface area contributed by atoms with Crippen LogP contribution < -0.4 is 30.4 Å². The van der Waals surface area contributed by atoms with Crippen molar-refractivity contribution in [3.8, 4) is 11.5 Å². The molecule has 1 aromatic heterocycles. The lowest BCUT2D eigenvalue weighted by molar-refractivity contribution is 0.461. The second-order valence-corrected chi connectivity index (χ2v) is 8.42. The van der Waals surface area contributed by atoms with Crippen molar-refractivity contribution in [2.45, 2.75) is 25.7 Å². The van der Waals surface area contributed by atoms with Gasteiger partial charge in [0.2, 0.25) is 5.36 Å². The molecule has 5 heteroatoms. The van der Waals surface area contributed by atoms with Crippen LogP contribution in [0.25, 0.3) is 17.0 Å². The van der Waals surface area contributed by atoms with Crippen LogP contribution in [0.5, 0.6) is 11.5 Å². The number of ether oxygens (including phenoxy) is 1. The van der Waals surface area contributed by atoms with Gasteiger partial charge in [-0.1, -0.05) is 0 Å². The van der Waals surface area contributed by atoms with E-state index >= 15 is 0 Å². The molecule has 3 aliphatic rings. The van der Waals surface area contributed by atoms with E-state index in [0.717, 1.165) is 60.8 Å². The molecule has 0 saturated heterocycles. The third-order valence-corrected chi connectivity index (χ3v) is 6.52. The molecule has 0 unspecified atom stereocenters. The minimum atomic E-state index is -0.341. The summed E-state index contributed by atoms with van der Waals surface area (Å²) in [4.78, 5) is 15.0. The number of rotatable bonds is 0. The summed E-state index contributed by atoms with van der Waals surface area (Å²) in [5, 5.41) is 3.05. The molecule has 0 atom stereocenters. The van der Waals surface area contributed by atoms with Gasteiger partial charge >= 0.3 is 5.63 Å². The highest BCUT2D eigenvalue weighted by Gasteiger charge is 2.24. The van der Waals surface area contributed by atoms with Gasteiger partial charge < -0.3 is 14.1 Å². The van der Waals surface area contributed by atoms with E-state index in [1.165, 1.54) is 16.5 Å². The summed E-state index contributed by atoms with van der Waals surface area (Å²) in [5.74, 6) is 1.44. The van der Waals surface area contributed by atoms with Crippen LogP contribution in [-0.4, -0.2) is 27.2 Å². The van der Waals surface area contributed by atoms with E-state index in [0.29, 0.717) is 16.9 Å². The Morgan fingerprint density at radius 1 is 1.07 bits per heavy atom. The van der Waals surface area contributed by atoms with Crippen LogP contribution in [0.2, 0.25) is 0 Å². The van der Waals surface area contributed by atoms with E-state index in [2.05, 4.69) is 41.8 Å². The first kappa shape index (κ1) is 16.8. The monoisotopic (exact) mass is 387 g/mol. The Hall–Kier alpha value is -3.08. The number of fused-ring (bicyclic) bond motifs is 6. The second-order valence-electron chi connectivity index (χ2n) is 8.42. The van der Waals surface area contributed by atoms with Gasteiger partial charge in [0.25, 0.3) is 0 Å². The summed E-state index contributed by atoms with van der Waals surface area (Å²) >= 11 is 0. The molecule has 4 heterocycles. The molecule has 3 aliphatic heterocycles. The average Bonchev–Trinajstić information content (AvgIpc) is 2.71. The van der Waals surface area contributed by atoms with Crippen molar-refractivity contribution in [1.82, 2.24) is 4.58 Å². The summed E-state index contributed by atoms with van der Waals surface area (Å²) in [5.41, 5.74) is 4.49. The van der Waals surface area contributed by atoms with Crippen molar-refractivity contribution < 1.29 is 9.15 Å². The molecule has 29 heavy (non-hydrogen) atoms. The fourth-order valence-electron chi connectivity index (χ4n) is 4.97. The van der Waals surface area contributed by atoms with E-state index in [9.17, 15) is 4.79 Å². The van der Waals surface area contributed by atoms with Gasteiger partial charge in [-0.25, -0.2) is 9.37 Å². The summed E-state index contributed by atoms with van der Waals surface area (Å²) in [6, 6.07) is 8.42.